The molecule has 0 unspecified atom stereocenters. The normalized spacial score (nSPS) is 11.3. The van der Waals surface area contributed by atoms with Crippen molar-refractivity contribution in [1.82, 2.24) is 4.98 Å². The van der Waals surface area contributed by atoms with Crippen LogP contribution in [0, 0.1) is 0 Å². The van der Waals surface area contributed by atoms with Crippen LogP contribution in [0.15, 0.2) is 54.6 Å². The molecule has 3 aromatic rings. The van der Waals surface area contributed by atoms with Gasteiger partial charge in [0.2, 0.25) is 0 Å². The van der Waals surface area contributed by atoms with Gasteiger partial charge in [0.15, 0.2) is 0 Å². The van der Waals surface area contributed by atoms with Crippen LogP contribution in [0.5, 0.6) is 0 Å². The van der Waals surface area contributed by atoms with Gasteiger partial charge in [0, 0.05) is 43.9 Å². The van der Waals surface area contributed by atoms with Gasteiger partial charge in [-0.25, -0.2) is 4.98 Å². The predicted molar refractivity (Wildman–Crippen MR) is 118 cm³/mol. The zero-order chi connectivity index (χ0) is 19.9. The molecule has 0 radical (unpaired) electrons. The van der Waals surface area contributed by atoms with Gasteiger partial charge in [0.25, 0.3) is 0 Å². The van der Waals surface area contributed by atoms with E-state index in [2.05, 4.69) is 29.2 Å². The SMILES string of the molecule is CN(C)c1ccc(/C=C/c2cc(N(CCO)CCO)c3ccccc3n2)cc1. The Hall–Kier alpha value is -2.89. The van der Waals surface area contributed by atoms with Crippen LogP contribution in [-0.2, 0) is 0 Å². The number of rotatable bonds is 8. The number of nitrogens with zero attached hydrogens (tertiary/aromatic N) is 3. The maximum absolute atomic E-state index is 9.42. The summed E-state index contributed by atoms with van der Waals surface area (Å²) >= 11 is 0. The first kappa shape index (κ1) is 19.9. The van der Waals surface area contributed by atoms with Crippen LogP contribution >= 0.6 is 0 Å². The highest BCUT2D eigenvalue weighted by molar-refractivity contribution is 5.93. The standard InChI is InChI=1S/C23H27N3O2/c1-25(2)20-11-8-18(9-12-20)7-10-19-17-23(26(13-15-27)14-16-28)21-5-3-4-6-22(21)24-19/h3-12,17,27-28H,13-16H2,1-2H3/b10-7+. The number of aromatic nitrogens is 1. The number of fused-ring (bicyclic) bond motifs is 1. The molecule has 0 spiro atoms. The smallest absolute Gasteiger partial charge is 0.0730 e. The minimum Gasteiger partial charge on any atom is -0.395 e. The van der Waals surface area contributed by atoms with E-state index < -0.39 is 0 Å². The highest BCUT2D eigenvalue weighted by atomic mass is 16.3. The topological polar surface area (TPSA) is 59.8 Å². The lowest BCUT2D eigenvalue weighted by atomic mass is 10.1. The maximum Gasteiger partial charge on any atom is 0.0730 e. The molecule has 0 aliphatic rings. The maximum atomic E-state index is 9.42. The highest BCUT2D eigenvalue weighted by Gasteiger charge is 2.11. The Kier molecular flexibility index (Phi) is 6.63. The summed E-state index contributed by atoms with van der Waals surface area (Å²) in [6.07, 6.45) is 4.04. The summed E-state index contributed by atoms with van der Waals surface area (Å²) in [5, 5.41) is 19.9. The first-order valence-corrected chi connectivity index (χ1v) is 9.44. The van der Waals surface area contributed by atoms with E-state index in [1.165, 1.54) is 0 Å². The molecule has 1 heterocycles. The van der Waals surface area contributed by atoms with Crippen molar-refractivity contribution >= 4 is 34.4 Å². The lowest BCUT2D eigenvalue weighted by molar-refractivity contribution is 0.281. The lowest BCUT2D eigenvalue weighted by Gasteiger charge is -2.24. The number of hydrogen-bond acceptors (Lipinski definition) is 5. The fourth-order valence-corrected chi connectivity index (χ4v) is 3.18. The highest BCUT2D eigenvalue weighted by Crippen LogP contribution is 2.27. The number of para-hydroxylation sites is 1. The van der Waals surface area contributed by atoms with E-state index >= 15 is 0 Å². The van der Waals surface area contributed by atoms with Crippen molar-refractivity contribution in [3.05, 3.63) is 65.9 Å². The molecule has 28 heavy (non-hydrogen) atoms. The van der Waals surface area contributed by atoms with Gasteiger partial charge in [-0.15, -0.1) is 0 Å². The second-order valence-corrected chi connectivity index (χ2v) is 6.84. The van der Waals surface area contributed by atoms with Crippen LogP contribution in [0.3, 0.4) is 0 Å². The number of benzene rings is 2. The van der Waals surface area contributed by atoms with Crippen LogP contribution in [0.4, 0.5) is 11.4 Å². The third kappa shape index (κ3) is 4.68. The van der Waals surface area contributed by atoms with E-state index in [1.54, 1.807) is 0 Å². The molecule has 5 nitrogen and oxygen atoms in total. The van der Waals surface area contributed by atoms with Gasteiger partial charge in [-0.05, 0) is 35.9 Å². The van der Waals surface area contributed by atoms with Crippen molar-refractivity contribution in [3.8, 4) is 0 Å². The number of anilines is 2. The average Bonchev–Trinajstić information content (AvgIpc) is 2.72. The zero-order valence-corrected chi connectivity index (χ0v) is 16.4. The zero-order valence-electron chi connectivity index (χ0n) is 16.4. The summed E-state index contributed by atoms with van der Waals surface area (Å²) in [7, 11) is 4.05. The lowest BCUT2D eigenvalue weighted by Crippen LogP contribution is -2.30. The number of hydrogen-bond donors (Lipinski definition) is 2. The molecule has 3 rings (SSSR count). The molecule has 146 valence electrons. The van der Waals surface area contributed by atoms with Crippen LogP contribution in [0.2, 0.25) is 0 Å². The van der Waals surface area contributed by atoms with Crippen LogP contribution in [0.1, 0.15) is 11.3 Å². The van der Waals surface area contributed by atoms with Crippen LogP contribution < -0.4 is 9.80 Å². The third-order valence-electron chi connectivity index (χ3n) is 4.65. The second kappa shape index (κ2) is 9.35. The predicted octanol–water partition coefficient (Wildman–Crippen LogP) is 3.26. The number of aliphatic hydroxyl groups is 2. The molecule has 0 fully saturated rings. The fourth-order valence-electron chi connectivity index (χ4n) is 3.18. The third-order valence-corrected chi connectivity index (χ3v) is 4.65. The minimum atomic E-state index is 0.0278. The first-order chi connectivity index (χ1) is 13.6. The van der Waals surface area contributed by atoms with Gasteiger partial charge in [-0.1, -0.05) is 36.4 Å². The molecule has 0 atom stereocenters. The van der Waals surface area contributed by atoms with Crippen molar-refractivity contribution in [3.63, 3.8) is 0 Å². The summed E-state index contributed by atoms with van der Waals surface area (Å²) in [6, 6.07) is 18.3. The van der Waals surface area contributed by atoms with Gasteiger partial charge in [-0.2, -0.15) is 0 Å². The van der Waals surface area contributed by atoms with Gasteiger partial charge in [0.05, 0.1) is 24.4 Å². The second-order valence-electron chi connectivity index (χ2n) is 6.84. The molecule has 5 heteroatoms. The van der Waals surface area contributed by atoms with Crippen LogP contribution in [-0.4, -0.2) is 55.6 Å². The van der Waals surface area contributed by atoms with Gasteiger partial charge in [-0.3, -0.25) is 0 Å². The molecule has 0 saturated carbocycles. The molecule has 1 aromatic heterocycles. The average molecular weight is 377 g/mol. The quantitative estimate of drug-likeness (QED) is 0.631. The summed E-state index contributed by atoms with van der Waals surface area (Å²) in [5.74, 6) is 0. The minimum absolute atomic E-state index is 0.0278. The molecule has 0 bridgehead atoms. The summed E-state index contributed by atoms with van der Waals surface area (Å²) < 4.78 is 0. The molecule has 2 aromatic carbocycles. The fraction of sp³-hybridized carbons (Fsp3) is 0.261. The Morgan fingerprint density at radius 2 is 1.57 bits per heavy atom. The molecule has 0 aliphatic carbocycles. The summed E-state index contributed by atoms with van der Waals surface area (Å²) in [6.45, 7) is 0.980. The Balaban J connectivity index is 1.96. The molecule has 0 amide bonds. The van der Waals surface area contributed by atoms with E-state index in [0.29, 0.717) is 13.1 Å². The monoisotopic (exact) mass is 377 g/mol. The Labute approximate surface area is 166 Å². The van der Waals surface area contributed by atoms with E-state index in [9.17, 15) is 10.2 Å². The first-order valence-electron chi connectivity index (χ1n) is 9.44. The molecule has 2 N–H and O–H groups in total. The van der Waals surface area contributed by atoms with Crippen molar-refractivity contribution in [1.29, 1.82) is 0 Å². The van der Waals surface area contributed by atoms with Crippen molar-refractivity contribution in [2.75, 3.05) is 50.2 Å². The molecule has 0 saturated heterocycles. The molecular formula is C23H27N3O2. The Morgan fingerprint density at radius 1 is 0.893 bits per heavy atom. The van der Waals surface area contributed by atoms with Gasteiger partial charge in [0.1, 0.15) is 0 Å². The largest absolute Gasteiger partial charge is 0.395 e. The number of aliphatic hydroxyl groups excluding tert-OH is 2. The van der Waals surface area contributed by atoms with Crippen LogP contribution in [0.25, 0.3) is 23.1 Å². The summed E-state index contributed by atoms with van der Waals surface area (Å²) in [4.78, 5) is 8.82. The van der Waals surface area contributed by atoms with E-state index in [4.69, 9.17) is 4.98 Å². The van der Waals surface area contributed by atoms with E-state index in [1.807, 2.05) is 61.5 Å². The molecular weight excluding hydrogens is 350 g/mol. The summed E-state index contributed by atoms with van der Waals surface area (Å²) in [5.41, 5.74) is 4.96. The van der Waals surface area contributed by atoms with Crippen molar-refractivity contribution in [2.24, 2.45) is 0 Å². The van der Waals surface area contributed by atoms with E-state index in [-0.39, 0.29) is 13.2 Å². The Bertz CT molecular complexity index is 930. The van der Waals surface area contributed by atoms with Crippen molar-refractivity contribution in [2.45, 2.75) is 0 Å². The number of pyridine rings is 1. The van der Waals surface area contributed by atoms with Gasteiger partial charge >= 0.3 is 0 Å². The van der Waals surface area contributed by atoms with Gasteiger partial charge < -0.3 is 20.0 Å². The van der Waals surface area contributed by atoms with Crippen molar-refractivity contribution < 1.29 is 10.2 Å². The Morgan fingerprint density at radius 3 is 2.21 bits per heavy atom. The molecule has 0 aliphatic heterocycles. The van der Waals surface area contributed by atoms with E-state index in [0.717, 1.165) is 33.5 Å².